The predicted molar refractivity (Wildman–Crippen MR) is 105 cm³/mol. The van der Waals surface area contributed by atoms with Crippen LogP contribution in [0.15, 0.2) is 47.8 Å². The fraction of sp³-hybridized carbons (Fsp3) is 0.300. The Kier molecular flexibility index (Phi) is 4.80. The van der Waals surface area contributed by atoms with Gasteiger partial charge in [-0.2, -0.15) is 0 Å². The molecule has 4 rings (SSSR count). The van der Waals surface area contributed by atoms with Crippen molar-refractivity contribution in [2.24, 2.45) is 0 Å². The van der Waals surface area contributed by atoms with Gasteiger partial charge in [0.2, 0.25) is 15.0 Å². The number of pyridine rings is 1. The van der Waals surface area contributed by atoms with Crippen molar-refractivity contribution in [2.75, 3.05) is 19.4 Å². The SMILES string of the molecule is CS(=O)(=O)c1nc(C(=O)NCCOc2ccc3c(c2)CCC3)c2ccccn12. The Labute approximate surface area is 163 Å². The number of imidazole rings is 1. The molecule has 0 unspecified atom stereocenters. The summed E-state index contributed by atoms with van der Waals surface area (Å²) in [7, 11) is -3.56. The molecule has 2 aromatic heterocycles. The molecule has 1 N–H and O–H groups in total. The van der Waals surface area contributed by atoms with Crippen LogP contribution in [-0.2, 0) is 22.7 Å². The Morgan fingerprint density at radius 3 is 2.86 bits per heavy atom. The number of amides is 1. The summed E-state index contributed by atoms with van der Waals surface area (Å²) in [6.45, 7) is 0.602. The van der Waals surface area contributed by atoms with Crippen LogP contribution < -0.4 is 10.1 Å². The smallest absolute Gasteiger partial charge is 0.272 e. The summed E-state index contributed by atoms with van der Waals surface area (Å²) in [5.74, 6) is 0.359. The van der Waals surface area contributed by atoms with Crippen LogP contribution in [0, 0.1) is 0 Å². The summed E-state index contributed by atoms with van der Waals surface area (Å²) in [5, 5.41) is 2.59. The van der Waals surface area contributed by atoms with E-state index in [1.165, 1.54) is 21.9 Å². The number of aromatic nitrogens is 2. The number of ether oxygens (including phenoxy) is 1. The van der Waals surface area contributed by atoms with Crippen molar-refractivity contribution < 1.29 is 17.9 Å². The Balaban J connectivity index is 1.42. The quantitative estimate of drug-likeness (QED) is 0.641. The molecule has 0 radical (unpaired) electrons. The highest BCUT2D eigenvalue weighted by Crippen LogP contribution is 2.26. The second-order valence-corrected chi connectivity index (χ2v) is 8.77. The first-order valence-corrected chi connectivity index (χ1v) is 11.0. The first-order chi connectivity index (χ1) is 13.4. The second kappa shape index (κ2) is 7.27. The molecular formula is C20H21N3O4S. The van der Waals surface area contributed by atoms with E-state index in [1.807, 2.05) is 6.07 Å². The lowest BCUT2D eigenvalue weighted by molar-refractivity contribution is 0.0944. The first kappa shape index (κ1) is 18.5. The lowest BCUT2D eigenvalue weighted by atomic mass is 10.1. The van der Waals surface area contributed by atoms with Gasteiger partial charge in [-0.15, -0.1) is 0 Å². The molecule has 8 heteroatoms. The Bertz CT molecular complexity index is 1150. The van der Waals surface area contributed by atoms with Gasteiger partial charge in [-0.3, -0.25) is 9.20 Å². The average Bonchev–Trinajstić information content (AvgIpc) is 3.28. The van der Waals surface area contributed by atoms with Crippen molar-refractivity contribution in [1.82, 2.24) is 14.7 Å². The van der Waals surface area contributed by atoms with Crippen LogP contribution in [-0.4, -0.2) is 43.1 Å². The van der Waals surface area contributed by atoms with Crippen LogP contribution in [0.4, 0.5) is 0 Å². The molecule has 0 bridgehead atoms. The summed E-state index contributed by atoms with van der Waals surface area (Å²) in [4.78, 5) is 16.6. The van der Waals surface area contributed by atoms with Gasteiger partial charge in [0.15, 0.2) is 5.69 Å². The molecular weight excluding hydrogens is 378 g/mol. The second-order valence-electron chi connectivity index (χ2n) is 6.86. The minimum Gasteiger partial charge on any atom is -0.492 e. The number of nitrogens with zero attached hydrogens (tertiary/aromatic N) is 2. The van der Waals surface area contributed by atoms with Gasteiger partial charge in [-0.25, -0.2) is 13.4 Å². The van der Waals surface area contributed by atoms with Crippen LogP contribution in [0.5, 0.6) is 5.75 Å². The predicted octanol–water partition coefficient (Wildman–Crippen LogP) is 2.04. The van der Waals surface area contributed by atoms with Crippen molar-refractivity contribution in [3.63, 3.8) is 0 Å². The fourth-order valence-electron chi connectivity index (χ4n) is 3.49. The lowest BCUT2D eigenvalue weighted by Gasteiger charge is -2.09. The number of benzene rings is 1. The molecule has 0 aliphatic heterocycles. The molecule has 2 heterocycles. The third-order valence-electron chi connectivity index (χ3n) is 4.79. The number of carbonyl (C=O) groups excluding carboxylic acids is 1. The van der Waals surface area contributed by atoms with E-state index in [9.17, 15) is 13.2 Å². The summed E-state index contributed by atoms with van der Waals surface area (Å²) < 4.78 is 31.0. The van der Waals surface area contributed by atoms with Crippen molar-refractivity contribution >= 4 is 21.3 Å². The molecule has 28 heavy (non-hydrogen) atoms. The maximum atomic E-state index is 12.5. The van der Waals surface area contributed by atoms with E-state index in [4.69, 9.17) is 4.74 Å². The molecule has 1 aliphatic rings. The maximum absolute atomic E-state index is 12.5. The van der Waals surface area contributed by atoms with Crippen molar-refractivity contribution in [3.8, 4) is 5.75 Å². The third kappa shape index (κ3) is 3.60. The monoisotopic (exact) mass is 399 g/mol. The lowest BCUT2D eigenvalue weighted by Crippen LogP contribution is -2.28. The molecule has 0 spiro atoms. The normalized spacial score (nSPS) is 13.5. The molecule has 7 nitrogen and oxygen atoms in total. The topological polar surface area (TPSA) is 89.8 Å². The number of fused-ring (bicyclic) bond motifs is 2. The number of sulfone groups is 1. The van der Waals surface area contributed by atoms with Crippen molar-refractivity contribution in [3.05, 3.63) is 59.4 Å². The summed E-state index contributed by atoms with van der Waals surface area (Å²) in [6.07, 6.45) is 6.04. The molecule has 146 valence electrons. The van der Waals surface area contributed by atoms with Crippen molar-refractivity contribution in [2.45, 2.75) is 24.4 Å². The average molecular weight is 399 g/mol. The van der Waals surface area contributed by atoms with Crippen LogP contribution in [0.25, 0.3) is 5.52 Å². The molecule has 0 saturated heterocycles. The highest BCUT2D eigenvalue weighted by molar-refractivity contribution is 7.90. The van der Waals surface area contributed by atoms with E-state index in [0.29, 0.717) is 12.1 Å². The number of aryl methyl sites for hydroxylation is 2. The van der Waals surface area contributed by atoms with E-state index in [-0.39, 0.29) is 17.4 Å². The van der Waals surface area contributed by atoms with E-state index in [1.54, 1.807) is 24.4 Å². The number of hydrogen-bond acceptors (Lipinski definition) is 5. The fourth-order valence-corrected chi connectivity index (χ4v) is 4.27. The molecule has 0 saturated carbocycles. The number of carbonyl (C=O) groups is 1. The Hall–Kier alpha value is -2.87. The van der Waals surface area contributed by atoms with Gasteiger partial charge in [0.05, 0.1) is 12.1 Å². The third-order valence-corrected chi connectivity index (χ3v) is 5.74. The molecule has 1 amide bonds. The Morgan fingerprint density at radius 2 is 2.04 bits per heavy atom. The minimum atomic E-state index is -3.56. The zero-order valence-electron chi connectivity index (χ0n) is 15.5. The van der Waals surface area contributed by atoms with Crippen LogP contribution >= 0.6 is 0 Å². The zero-order chi connectivity index (χ0) is 19.7. The highest BCUT2D eigenvalue weighted by atomic mass is 32.2. The molecule has 0 atom stereocenters. The molecule has 3 aromatic rings. The van der Waals surface area contributed by atoms with E-state index in [2.05, 4.69) is 22.4 Å². The zero-order valence-corrected chi connectivity index (χ0v) is 16.3. The van der Waals surface area contributed by atoms with Gasteiger partial charge in [0, 0.05) is 12.5 Å². The number of rotatable bonds is 6. The summed E-state index contributed by atoms with van der Waals surface area (Å²) >= 11 is 0. The van der Waals surface area contributed by atoms with Crippen molar-refractivity contribution in [1.29, 1.82) is 0 Å². The summed E-state index contributed by atoms with van der Waals surface area (Å²) in [5.41, 5.74) is 3.24. The van der Waals surface area contributed by atoms with Gasteiger partial charge in [0.25, 0.3) is 5.91 Å². The molecule has 0 fully saturated rings. The van der Waals surface area contributed by atoms with Gasteiger partial charge < -0.3 is 10.1 Å². The van der Waals surface area contributed by atoms with Crippen LogP contribution in [0.1, 0.15) is 28.0 Å². The largest absolute Gasteiger partial charge is 0.492 e. The highest BCUT2D eigenvalue weighted by Gasteiger charge is 2.22. The van der Waals surface area contributed by atoms with E-state index < -0.39 is 15.7 Å². The number of hydrogen-bond donors (Lipinski definition) is 1. The first-order valence-electron chi connectivity index (χ1n) is 9.13. The maximum Gasteiger partial charge on any atom is 0.272 e. The minimum absolute atomic E-state index is 0.0820. The van der Waals surface area contributed by atoms with E-state index >= 15 is 0 Å². The van der Waals surface area contributed by atoms with Gasteiger partial charge in [-0.1, -0.05) is 12.1 Å². The van der Waals surface area contributed by atoms with Crippen LogP contribution in [0.2, 0.25) is 0 Å². The summed E-state index contributed by atoms with van der Waals surface area (Å²) in [6, 6.07) is 11.2. The molecule has 1 aliphatic carbocycles. The molecule has 1 aromatic carbocycles. The van der Waals surface area contributed by atoms with E-state index in [0.717, 1.165) is 24.8 Å². The van der Waals surface area contributed by atoms with Gasteiger partial charge in [-0.05, 0) is 54.7 Å². The van der Waals surface area contributed by atoms with Gasteiger partial charge in [0.1, 0.15) is 12.4 Å². The van der Waals surface area contributed by atoms with Crippen LogP contribution in [0.3, 0.4) is 0 Å². The Morgan fingerprint density at radius 1 is 1.21 bits per heavy atom. The number of nitrogens with one attached hydrogen (secondary N) is 1. The van der Waals surface area contributed by atoms with Gasteiger partial charge >= 0.3 is 0 Å². The standard InChI is InChI=1S/C20H21N3O4S/c1-28(25,26)20-22-18(17-7-2-3-11-23(17)20)19(24)21-10-12-27-16-9-8-14-5-4-6-15(14)13-16/h2-3,7-9,11,13H,4-6,10,12H2,1H3,(H,21,24).